The summed E-state index contributed by atoms with van der Waals surface area (Å²) in [5, 5.41) is 15.9. The van der Waals surface area contributed by atoms with Gasteiger partial charge in [0.05, 0.1) is 56.8 Å². The van der Waals surface area contributed by atoms with Crippen molar-refractivity contribution in [3.8, 4) is 42.3 Å². The number of aromatic carboxylic acids is 1. The zero-order chi connectivity index (χ0) is 72.7. The van der Waals surface area contributed by atoms with Crippen LogP contribution in [0.3, 0.4) is 0 Å². The Labute approximate surface area is 581 Å². The van der Waals surface area contributed by atoms with Gasteiger partial charge >= 0.3 is 30.7 Å². The topological polar surface area (TPSA) is 194 Å². The molecule has 11 aromatic rings. The number of amides is 2. The SMILES string of the molecule is CC(=O)c1cnc(-c2ccc(C(F)(F)F)cc2)s1.CC(=O)c1cnc(Br)s1.Cc1ccc(CNC(=O)c2cnc(-c3ccc(C(F)(F)F)cc3)s2)cc1F.Cc1ccc(CNC(=O)c2cnc(-c3ccc(C(F)(F)F)cc3)s2)cc1F.O=C(O)c1cnc(-c2ccc(C(F)(F)F)cc2)s1. The molecule has 5 heterocycles. The number of Topliss-reactive ketones (excluding diaryl/α,β-unsaturated/α-hetero) is 2. The lowest BCUT2D eigenvalue weighted by Gasteiger charge is -2.06. The fourth-order valence-electron chi connectivity index (χ4n) is 7.76. The van der Waals surface area contributed by atoms with Gasteiger partial charge in [0.25, 0.3) is 11.8 Å². The minimum absolute atomic E-state index is 0.0462. The van der Waals surface area contributed by atoms with E-state index in [1.807, 2.05) is 0 Å². The van der Waals surface area contributed by atoms with E-state index in [1.54, 1.807) is 44.3 Å². The van der Waals surface area contributed by atoms with Crippen molar-refractivity contribution in [3.63, 3.8) is 0 Å². The third-order valence-electron chi connectivity index (χ3n) is 13.1. The van der Waals surface area contributed by atoms with Gasteiger partial charge in [-0.15, -0.1) is 56.7 Å². The molecule has 516 valence electrons. The summed E-state index contributed by atoms with van der Waals surface area (Å²) in [5.41, 5.74) is 1.37. The van der Waals surface area contributed by atoms with Gasteiger partial charge in [-0.05, 0) is 113 Å². The first kappa shape index (κ1) is 77.1. The average molecular weight is 1540 g/mol. The molecule has 5 aromatic heterocycles. The van der Waals surface area contributed by atoms with Gasteiger partial charge in [0.2, 0.25) is 0 Å². The van der Waals surface area contributed by atoms with Crippen LogP contribution in [0.2, 0.25) is 0 Å². The first-order chi connectivity index (χ1) is 46.4. The average Bonchev–Trinajstić information content (AvgIpc) is 1.81. The summed E-state index contributed by atoms with van der Waals surface area (Å²) in [6.45, 7) is 6.56. The Hall–Kier alpha value is -9.28. The lowest BCUT2D eigenvalue weighted by atomic mass is 10.1. The standard InChI is InChI=1S/2C19H14F4N2OS.C12H8F3NOS.C11H6F3NO2S.C5H4BrNOS/c2*1-11-2-3-12(8-15(11)20)9-24-17(26)16-10-25-18(27-16)13-4-6-14(7-5-13)19(21,22)23;1-7(17)10-6-16-11(18-10)8-2-4-9(5-3-8)12(13,14)15;12-11(13,14)7-3-1-6(2-4-7)9-15-5-8(18-9)10(16)17;1-3(8)4-2-7-5(6)9-4/h2*2-8,10H,9H2,1H3,(H,24,26);2-6H,1H3;1-5H,(H,16,17);2H,1H3. The number of carboxylic acids is 1. The highest BCUT2D eigenvalue weighted by atomic mass is 79.9. The summed E-state index contributed by atoms with van der Waals surface area (Å²) >= 11 is 8.73. The van der Waals surface area contributed by atoms with Crippen LogP contribution in [-0.4, -0.2) is 59.4 Å². The molecule has 13 nitrogen and oxygen atoms in total. The fourth-order valence-corrected chi connectivity index (χ4v) is 12.2. The molecule has 0 bridgehead atoms. The van der Waals surface area contributed by atoms with E-state index in [0.717, 1.165) is 86.5 Å². The summed E-state index contributed by atoms with van der Waals surface area (Å²) in [6, 6.07) is 27.7. The number of thiazole rings is 5. The van der Waals surface area contributed by atoms with E-state index in [-0.39, 0.29) is 53.0 Å². The molecule has 11 rings (SSSR count). The zero-order valence-electron chi connectivity index (χ0n) is 50.9. The number of aromatic nitrogens is 5. The van der Waals surface area contributed by atoms with Gasteiger partial charge in [0.1, 0.15) is 46.3 Å². The molecule has 0 radical (unpaired) electrons. The van der Waals surface area contributed by atoms with Crippen LogP contribution in [0.25, 0.3) is 42.3 Å². The van der Waals surface area contributed by atoms with Crippen molar-refractivity contribution < 1.29 is 90.5 Å². The largest absolute Gasteiger partial charge is 0.477 e. The number of rotatable bonds is 13. The highest BCUT2D eigenvalue weighted by Crippen LogP contribution is 2.37. The van der Waals surface area contributed by atoms with Gasteiger partial charge in [-0.1, -0.05) is 72.8 Å². The van der Waals surface area contributed by atoms with Gasteiger partial charge in [-0.25, -0.2) is 38.5 Å². The molecule has 99 heavy (non-hydrogen) atoms. The molecular weight excluding hydrogens is 1490 g/mol. The van der Waals surface area contributed by atoms with E-state index in [4.69, 9.17) is 5.11 Å². The van der Waals surface area contributed by atoms with Gasteiger partial charge in [0, 0.05) is 55.4 Å². The number of nitrogens with one attached hydrogen (secondary N) is 2. The molecule has 0 atom stereocenters. The third kappa shape index (κ3) is 22.6. The van der Waals surface area contributed by atoms with Crippen molar-refractivity contribution in [1.29, 1.82) is 0 Å². The number of halogens is 15. The number of alkyl halides is 12. The normalized spacial score (nSPS) is 11.3. The van der Waals surface area contributed by atoms with E-state index >= 15 is 0 Å². The first-order valence-corrected chi connectivity index (χ1v) is 32.8. The number of ketones is 2. The Bertz CT molecular complexity index is 4340. The molecule has 0 spiro atoms. The smallest absolute Gasteiger partial charge is 0.416 e. The molecule has 0 fully saturated rings. The van der Waals surface area contributed by atoms with Crippen LogP contribution in [0.4, 0.5) is 61.5 Å². The highest BCUT2D eigenvalue weighted by molar-refractivity contribution is 9.11. The van der Waals surface area contributed by atoms with E-state index in [2.05, 4.69) is 51.5 Å². The number of hydrogen-bond acceptors (Lipinski definition) is 15. The number of nitrogens with zero attached hydrogens (tertiary/aromatic N) is 5. The fraction of sp³-hybridized carbons (Fsp3) is 0.152. The van der Waals surface area contributed by atoms with Gasteiger partial charge in [-0.3, -0.25) is 19.2 Å². The second kappa shape index (κ2) is 33.5. The van der Waals surface area contributed by atoms with E-state index in [0.29, 0.717) is 84.0 Å². The minimum atomic E-state index is -4.40. The predicted octanol–water partition coefficient (Wildman–Crippen LogP) is 20.1. The van der Waals surface area contributed by atoms with Gasteiger partial charge in [0.15, 0.2) is 15.5 Å². The Morgan fingerprint density at radius 1 is 0.394 bits per heavy atom. The Morgan fingerprint density at radius 2 is 0.657 bits per heavy atom. The molecule has 0 saturated heterocycles. The summed E-state index contributed by atoms with van der Waals surface area (Å²) in [7, 11) is 0. The van der Waals surface area contributed by atoms with E-state index in [1.165, 1.54) is 122 Å². The molecule has 0 saturated carbocycles. The number of carbonyl (C=O) groups is 5. The van der Waals surface area contributed by atoms with Gasteiger partial charge < -0.3 is 15.7 Å². The van der Waals surface area contributed by atoms with Crippen LogP contribution in [0, 0.1) is 25.5 Å². The molecule has 2 amide bonds. The molecule has 6 aromatic carbocycles. The summed E-state index contributed by atoms with van der Waals surface area (Å²) in [6.07, 6.45) is -10.6. The number of carbonyl (C=O) groups excluding carboxylic acids is 4. The summed E-state index contributed by atoms with van der Waals surface area (Å²) in [4.78, 5) is 78.6. The number of benzene rings is 6. The summed E-state index contributed by atoms with van der Waals surface area (Å²) < 4.78 is 178. The molecule has 33 heteroatoms. The summed E-state index contributed by atoms with van der Waals surface area (Å²) in [5.74, 6) is -2.60. The van der Waals surface area contributed by atoms with E-state index in [9.17, 15) is 85.4 Å². The Morgan fingerprint density at radius 3 is 0.889 bits per heavy atom. The van der Waals surface area contributed by atoms with Gasteiger partial charge in [-0.2, -0.15) is 52.7 Å². The van der Waals surface area contributed by atoms with Crippen LogP contribution in [0.5, 0.6) is 0 Å². The second-order valence-electron chi connectivity index (χ2n) is 20.3. The molecule has 3 N–H and O–H groups in total. The van der Waals surface area contributed by atoms with Crippen molar-refractivity contribution in [1.82, 2.24) is 35.6 Å². The molecular formula is C66H46BrF14N7O6S5. The first-order valence-electron chi connectivity index (χ1n) is 27.9. The second-order valence-corrected chi connectivity index (χ2v) is 26.8. The number of carboxylic acid groups (broad SMARTS) is 1. The minimum Gasteiger partial charge on any atom is -0.477 e. The quantitative estimate of drug-likeness (QED) is 0.0734. The number of hydrogen-bond donors (Lipinski definition) is 3. The highest BCUT2D eigenvalue weighted by Gasteiger charge is 2.33. The monoisotopic (exact) mass is 1540 g/mol. The van der Waals surface area contributed by atoms with Crippen LogP contribution >= 0.6 is 72.6 Å². The maximum Gasteiger partial charge on any atom is 0.416 e. The maximum atomic E-state index is 13.5. The van der Waals surface area contributed by atoms with Crippen molar-refractivity contribution >= 4 is 102 Å². The zero-order valence-corrected chi connectivity index (χ0v) is 56.6. The number of aryl methyl sites for hydroxylation is 2. The van der Waals surface area contributed by atoms with Crippen molar-refractivity contribution in [2.45, 2.75) is 65.5 Å². The lowest BCUT2D eigenvalue weighted by molar-refractivity contribution is -0.138. The van der Waals surface area contributed by atoms with Crippen molar-refractivity contribution in [2.75, 3.05) is 0 Å². The molecule has 0 aliphatic carbocycles. The third-order valence-corrected chi connectivity index (χ3v) is 18.9. The maximum absolute atomic E-state index is 13.5. The van der Waals surface area contributed by atoms with Crippen LogP contribution < -0.4 is 10.6 Å². The Kier molecular flexibility index (Phi) is 26.1. The van der Waals surface area contributed by atoms with Crippen LogP contribution in [-0.2, 0) is 37.8 Å². The molecule has 0 unspecified atom stereocenters. The van der Waals surface area contributed by atoms with Crippen LogP contribution in [0.1, 0.15) is 107 Å². The molecule has 0 aliphatic heterocycles. The van der Waals surface area contributed by atoms with E-state index < -0.39 is 52.9 Å². The lowest BCUT2D eigenvalue weighted by Crippen LogP contribution is -2.21. The van der Waals surface area contributed by atoms with Crippen LogP contribution in [0.15, 0.2) is 168 Å². The predicted molar refractivity (Wildman–Crippen MR) is 352 cm³/mol. The van der Waals surface area contributed by atoms with Crippen molar-refractivity contribution in [3.05, 3.63) is 249 Å². The Balaban J connectivity index is 0.000000180. The molecule has 0 aliphatic rings. The van der Waals surface area contributed by atoms with Crippen molar-refractivity contribution in [2.24, 2.45) is 0 Å².